The molecule has 0 unspecified atom stereocenters. The summed E-state index contributed by atoms with van der Waals surface area (Å²) in [6.07, 6.45) is 1.70. The average molecular weight is 280 g/mol. The SMILES string of the molecule is COC=O.COc1ccc(-c2ccc(Cl)cc2)nc1. The van der Waals surface area contributed by atoms with Crippen molar-refractivity contribution in [2.75, 3.05) is 14.2 Å². The van der Waals surface area contributed by atoms with Gasteiger partial charge in [0.05, 0.1) is 26.1 Å². The zero-order valence-corrected chi connectivity index (χ0v) is 11.4. The summed E-state index contributed by atoms with van der Waals surface area (Å²) in [7, 11) is 2.94. The second-order valence-electron chi connectivity index (χ2n) is 3.42. The van der Waals surface area contributed by atoms with Gasteiger partial charge in [0.1, 0.15) is 5.75 Å². The fourth-order valence-electron chi connectivity index (χ4n) is 1.29. The van der Waals surface area contributed by atoms with E-state index in [2.05, 4.69) is 9.72 Å². The van der Waals surface area contributed by atoms with Crippen LogP contribution in [0.1, 0.15) is 0 Å². The second-order valence-corrected chi connectivity index (χ2v) is 3.86. The Morgan fingerprint density at radius 2 is 1.74 bits per heavy atom. The summed E-state index contributed by atoms with van der Waals surface area (Å²) in [5.74, 6) is 0.757. The summed E-state index contributed by atoms with van der Waals surface area (Å²) in [6, 6.07) is 11.4. The van der Waals surface area contributed by atoms with Crippen LogP contribution in [-0.4, -0.2) is 25.7 Å². The highest BCUT2D eigenvalue weighted by Crippen LogP contribution is 2.21. The van der Waals surface area contributed by atoms with Crippen LogP contribution in [0, 0.1) is 0 Å². The van der Waals surface area contributed by atoms with E-state index in [1.54, 1.807) is 13.3 Å². The highest BCUT2D eigenvalue weighted by molar-refractivity contribution is 6.30. The molecule has 2 aromatic rings. The normalized spacial score (nSPS) is 9.00. The first kappa shape index (κ1) is 15.0. The Morgan fingerprint density at radius 3 is 2.16 bits per heavy atom. The van der Waals surface area contributed by atoms with E-state index in [0.717, 1.165) is 22.0 Å². The van der Waals surface area contributed by atoms with Gasteiger partial charge < -0.3 is 9.47 Å². The molecule has 0 fully saturated rings. The van der Waals surface area contributed by atoms with Crippen molar-refractivity contribution < 1.29 is 14.3 Å². The van der Waals surface area contributed by atoms with Crippen LogP contribution in [0.5, 0.6) is 5.75 Å². The van der Waals surface area contributed by atoms with Crippen LogP contribution < -0.4 is 4.74 Å². The second kappa shape index (κ2) is 8.11. The van der Waals surface area contributed by atoms with Crippen molar-refractivity contribution in [3.05, 3.63) is 47.6 Å². The number of ether oxygens (including phenoxy) is 2. The van der Waals surface area contributed by atoms with Gasteiger partial charge in [-0.2, -0.15) is 0 Å². The van der Waals surface area contributed by atoms with Crippen molar-refractivity contribution >= 4 is 18.1 Å². The predicted octanol–water partition coefficient (Wildman–Crippen LogP) is 3.20. The van der Waals surface area contributed by atoms with Crippen LogP contribution in [0.25, 0.3) is 11.3 Å². The molecule has 1 aromatic heterocycles. The van der Waals surface area contributed by atoms with E-state index in [1.165, 1.54) is 7.11 Å². The number of hydrogen-bond donors (Lipinski definition) is 0. The van der Waals surface area contributed by atoms with Gasteiger partial charge >= 0.3 is 0 Å². The van der Waals surface area contributed by atoms with E-state index >= 15 is 0 Å². The fourth-order valence-corrected chi connectivity index (χ4v) is 1.42. The number of nitrogens with zero attached hydrogens (tertiary/aromatic N) is 1. The van der Waals surface area contributed by atoms with Crippen molar-refractivity contribution in [3.63, 3.8) is 0 Å². The number of methoxy groups -OCH3 is 2. The summed E-state index contributed by atoms with van der Waals surface area (Å²) in [4.78, 5) is 13.2. The number of benzene rings is 1. The summed E-state index contributed by atoms with van der Waals surface area (Å²) >= 11 is 5.81. The van der Waals surface area contributed by atoms with Crippen molar-refractivity contribution in [1.29, 1.82) is 0 Å². The van der Waals surface area contributed by atoms with E-state index in [4.69, 9.17) is 21.1 Å². The van der Waals surface area contributed by atoms with Gasteiger partial charge in [0, 0.05) is 10.6 Å². The minimum Gasteiger partial charge on any atom is -0.495 e. The first-order valence-electron chi connectivity index (χ1n) is 5.43. The van der Waals surface area contributed by atoms with Crippen LogP contribution in [0.15, 0.2) is 42.6 Å². The molecule has 0 saturated carbocycles. The topological polar surface area (TPSA) is 48.4 Å². The molecule has 0 bridgehead atoms. The minimum absolute atomic E-state index is 0.375. The lowest BCUT2D eigenvalue weighted by Crippen LogP contribution is -1.86. The molecule has 1 heterocycles. The van der Waals surface area contributed by atoms with E-state index in [0.29, 0.717) is 6.47 Å². The molecule has 0 radical (unpaired) electrons. The van der Waals surface area contributed by atoms with Crippen molar-refractivity contribution in [1.82, 2.24) is 4.98 Å². The molecule has 2 rings (SSSR count). The molecule has 0 saturated heterocycles. The maximum Gasteiger partial charge on any atom is 0.292 e. The zero-order valence-electron chi connectivity index (χ0n) is 10.7. The molecular formula is C14H14ClNO3. The lowest BCUT2D eigenvalue weighted by molar-refractivity contribution is -0.126. The smallest absolute Gasteiger partial charge is 0.292 e. The summed E-state index contributed by atoms with van der Waals surface area (Å²) in [5.41, 5.74) is 1.95. The molecule has 100 valence electrons. The highest BCUT2D eigenvalue weighted by atomic mass is 35.5. The van der Waals surface area contributed by atoms with Gasteiger partial charge in [-0.1, -0.05) is 23.7 Å². The molecule has 0 aliphatic rings. The Balaban J connectivity index is 0.000000399. The average Bonchev–Trinajstić information content (AvgIpc) is 2.48. The van der Waals surface area contributed by atoms with Crippen molar-refractivity contribution in [2.24, 2.45) is 0 Å². The van der Waals surface area contributed by atoms with Gasteiger partial charge in [0.2, 0.25) is 0 Å². The third kappa shape index (κ3) is 4.97. The number of carbonyl (C=O) groups excluding carboxylic acids is 1. The molecule has 4 nitrogen and oxygen atoms in total. The Kier molecular flexibility index (Phi) is 6.39. The Morgan fingerprint density at radius 1 is 1.11 bits per heavy atom. The van der Waals surface area contributed by atoms with Crippen molar-refractivity contribution in [3.8, 4) is 17.0 Å². The monoisotopic (exact) mass is 279 g/mol. The van der Waals surface area contributed by atoms with E-state index in [-0.39, 0.29) is 0 Å². The molecule has 1 aromatic carbocycles. The van der Waals surface area contributed by atoms with Gasteiger partial charge in [-0.15, -0.1) is 0 Å². The quantitative estimate of drug-likeness (QED) is 0.810. The number of carbonyl (C=O) groups is 1. The largest absolute Gasteiger partial charge is 0.495 e. The van der Waals surface area contributed by atoms with Gasteiger partial charge in [-0.25, -0.2) is 0 Å². The standard InChI is InChI=1S/C12H10ClNO.C2H4O2/c1-15-11-6-7-12(14-8-11)9-2-4-10(13)5-3-9;1-4-2-3/h2-8H,1H3;2H,1H3. The number of aromatic nitrogens is 1. The lowest BCUT2D eigenvalue weighted by Gasteiger charge is -2.02. The Bertz CT molecular complexity index is 497. The predicted molar refractivity (Wildman–Crippen MR) is 74.3 cm³/mol. The summed E-state index contributed by atoms with van der Waals surface area (Å²) in [5, 5.41) is 0.729. The molecule has 0 atom stereocenters. The molecule has 5 heteroatoms. The zero-order chi connectivity index (χ0) is 14.1. The van der Waals surface area contributed by atoms with Crippen LogP contribution in [0.4, 0.5) is 0 Å². The van der Waals surface area contributed by atoms with E-state index in [9.17, 15) is 0 Å². The molecule has 0 amide bonds. The number of hydrogen-bond acceptors (Lipinski definition) is 4. The third-order valence-electron chi connectivity index (χ3n) is 2.21. The van der Waals surface area contributed by atoms with Gasteiger partial charge in [-0.3, -0.25) is 9.78 Å². The van der Waals surface area contributed by atoms with E-state index < -0.39 is 0 Å². The first-order valence-corrected chi connectivity index (χ1v) is 5.81. The van der Waals surface area contributed by atoms with E-state index in [1.807, 2.05) is 36.4 Å². The molecular weight excluding hydrogens is 266 g/mol. The number of pyridine rings is 1. The van der Waals surface area contributed by atoms with Crippen LogP contribution in [-0.2, 0) is 9.53 Å². The maximum atomic E-state index is 8.95. The summed E-state index contributed by atoms with van der Waals surface area (Å²) in [6.45, 7) is 0.375. The highest BCUT2D eigenvalue weighted by Gasteiger charge is 1.99. The Hall–Kier alpha value is -2.07. The van der Waals surface area contributed by atoms with Gasteiger partial charge in [-0.05, 0) is 24.3 Å². The van der Waals surface area contributed by atoms with Gasteiger partial charge in [0.25, 0.3) is 6.47 Å². The molecule has 0 aliphatic heterocycles. The molecule has 19 heavy (non-hydrogen) atoms. The van der Waals surface area contributed by atoms with Crippen molar-refractivity contribution in [2.45, 2.75) is 0 Å². The van der Waals surface area contributed by atoms with Crippen LogP contribution in [0.2, 0.25) is 5.02 Å². The minimum atomic E-state index is 0.375. The molecule has 0 aliphatic carbocycles. The molecule has 0 spiro atoms. The number of halogens is 1. The molecule has 0 N–H and O–H groups in total. The van der Waals surface area contributed by atoms with Crippen LogP contribution in [0.3, 0.4) is 0 Å². The van der Waals surface area contributed by atoms with Gasteiger partial charge in [0.15, 0.2) is 0 Å². The number of rotatable bonds is 3. The lowest BCUT2D eigenvalue weighted by atomic mass is 10.1. The fraction of sp³-hybridized carbons (Fsp3) is 0.143. The Labute approximate surface area is 117 Å². The van der Waals surface area contributed by atoms with Crippen LogP contribution >= 0.6 is 11.6 Å². The third-order valence-corrected chi connectivity index (χ3v) is 2.46. The maximum absolute atomic E-state index is 8.95. The summed E-state index contributed by atoms with van der Waals surface area (Å²) < 4.78 is 8.90. The first-order chi connectivity index (χ1) is 9.21.